The average Bonchev–Trinajstić information content (AvgIpc) is 2.60. The van der Waals surface area contributed by atoms with Gasteiger partial charge in [0.2, 0.25) is 0 Å². The third-order valence-corrected chi connectivity index (χ3v) is 3.69. The lowest BCUT2D eigenvalue weighted by Crippen LogP contribution is -2.31. The van der Waals surface area contributed by atoms with Gasteiger partial charge in [-0.05, 0) is 25.1 Å². The molecule has 0 atom stereocenters. The van der Waals surface area contributed by atoms with Gasteiger partial charge in [-0.1, -0.05) is 29.8 Å². The van der Waals surface area contributed by atoms with E-state index in [0.29, 0.717) is 18.0 Å². The lowest BCUT2D eigenvalue weighted by Gasteiger charge is -2.20. The summed E-state index contributed by atoms with van der Waals surface area (Å²) in [5, 5.41) is 0. The molecule has 5 nitrogen and oxygen atoms in total. The maximum atomic E-state index is 12.3. The van der Waals surface area contributed by atoms with E-state index in [1.54, 1.807) is 38.3 Å². The van der Waals surface area contributed by atoms with Crippen LogP contribution in [0.3, 0.4) is 0 Å². The summed E-state index contributed by atoms with van der Waals surface area (Å²) < 4.78 is 16.1. The van der Waals surface area contributed by atoms with Crippen molar-refractivity contribution in [1.29, 1.82) is 0 Å². The molecule has 128 valence electrons. The number of amides is 1. The largest absolute Gasteiger partial charge is 0.496 e. The molecule has 0 heterocycles. The number of para-hydroxylation sites is 2. The zero-order valence-electron chi connectivity index (χ0n) is 14.5. The summed E-state index contributed by atoms with van der Waals surface area (Å²) in [4.78, 5) is 13.9. The first-order valence-electron chi connectivity index (χ1n) is 7.68. The standard InChI is InChI=1S/C19H23NO4/c1-14-9-10-16(22-3)15(11-14)12-20(2)19(21)13-24-18-8-6-5-7-17(18)23-4/h5-11H,12-13H2,1-4H3. The zero-order valence-corrected chi connectivity index (χ0v) is 14.5. The lowest BCUT2D eigenvalue weighted by atomic mass is 10.1. The van der Waals surface area contributed by atoms with Crippen LogP contribution in [0.15, 0.2) is 42.5 Å². The number of benzene rings is 2. The van der Waals surface area contributed by atoms with E-state index in [9.17, 15) is 4.79 Å². The van der Waals surface area contributed by atoms with Crippen LogP contribution in [0.5, 0.6) is 17.2 Å². The summed E-state index contributed by atoms with van der Waals surface area (Å²) in [5.41, 5.74) is 2.09. The highest BCUT2D eigenvalue weighted by Crippen LogP contribution is 2.26. The fourth-order valence-corrected chi connectivity index (χ4v) is 2.36. The van der Waals surface area contributed by atoms with Crippen molar-refractivity contribution in [3.8, 4) is 17.2 Å². The predicted octanol–water partition coefficient (Wildman–Crippen LogP) is 3.05. The van der Waals surface area contributed by atoms with Gasteiger partial charge >= 0.3 is 0 Å². The molecule has 0 spiro atoms. The average molecular weight is 329 g/mol. The van der Waals surface area contributed by atoms with Gasteiger partial charge < -0.3 is 19.1 Å². The Kier molecular flexibility index (Phi) is 6.07. The molecule has 5 heteroatoms. The number of rotatable bonds is 7. The number of nitrogens with zero attached hydrogens (tertiary/aromatic N) is 1. The molecule has 0 N–H and O–H groups in total. The fraction of sp³-hybridized carbons (Fsp3) is 0.316. The second kappa shape index (κ2) is 8.24. The third-order valence-electron chi connectivity index (χ3n) is 3.69. The molecule has 0 aliphatic heterocycles. The number of aryl methyl sites for hydroxylation is 1. The fourth-order valence-electron chi connectivity index (χ4n) is 2.36. The number of likely N-dealkylation sites (N-methyl/N-ethyl adjacent to an activating group) is 1. The Labute approximate surface area is 142 Å². The van der Waals surface area contributed by atoms with E-state index in [-0.39, 0.29) is 12.5 Å². The molecule has 0 radical (unpaired) electrons. The number of methoxy groups -OCH3 is 2. The van der Waals surface area contributed by atoms with Crippen LogP contribution in [0.4, 0.5) is 0 Å². The van der Waals surface area contributed by atoms with Crippen molar-refractivity contribution >= 4 is 5.91 Å². The summed E-state index contributed by atoms with van der Waals surface area (Å²) in [6.45, 7) is 2.42. The van der Waals surface area contributed by atoms with Crippen molar-refractivity contribution < 1.29 is 19.0 Å². The number of hydrogen-bond acceptors (Lipinski definition) is 4. The van der Waals surface area contributed by atoms with E-state index in [1.165, 1.54) is 0 Å². The first kappa shape index (κ1) is 17.7. The van der Waals surface area contributed by atoms with Crippen molar-refractivity contribution in [2.45, 2.75) is 13.5 Å². The minimum Gasteiger partial charge on any atom is -0.496 e. The summed E-state index contributed by atoms with van der Waals surface area (Å²) in [7, 11) is 4.94. The van der Waals surface area contributed by atoms with Gasteiger partial charge in [0.15, 0.2) is 18.1 Å². The van der Waals surface area contributed by atoms with E-state index < -0.39 is 0 Å². The van der Waals surface area contributed by atoms with Gasteiger partial charge in [0.1, 0.15) is 5.75 Å². The normalized spacial score (nSPS) is 10.2. The maximum absolute atomic E-state index is 12.3. The number of ether oxygens (including phenoxy) is 3. The third kappa shape index (κ3) is 4.41. The molecule has 24 heavy (non-hydrogen) atoms. The Morgan fingerprint density at radius 2 is 1.67 bits per heavy atom. The molecule has 0 saturated carbocycles. The second-order valence-corrected chi connectivity index (χ2v) is 5.50. The molecular weight excluding hydrogens is 306 g/mol. The Morgan fingerprint density at radius 1 is 1.00 bits per heavy atom. The van der Waals surface area contributed by atoms with Gasteiger partial charge in [-0.2, -0.15) is 0 Å². The van der Waals surface area contributed by atoms with Crippen molar-refractivity contribution in [1.82, 2.24) is 4.90 Å². The van der Waals surface area contributed by atoms with Crippen LogP contribution in [0.1, 0.15) is 11.1 Å². The molecular formula is C19H23NO4. The van der Waals surface area contributed by atoms with E-state index in [1.807, 2.05) is 37.3 Å². The first-order chi connectivity index (χ1) is 11.5. The number of carbonyl (C=O) groups excluding carboxylic acids is 1. The summed E-state index contributed by atoms with van der Waals surface area (Å²) >= 11 is 0. The zero-order chi connectivity index (χ0) is 17.5. The van der Waals surface area contributed by atoms with Crippen molar-refractivity contribution in [3.05, 3.63) is 53.6 Å². The van der Waals surface area contributed by atoms with Gasteiger partial charge in [0, 0.05) is 19.2 Å². The molecule has 0 unspecified atom stereocenters. The van der Waals surface area contributed by atoms with Gasteiger partial charge in [-0.15, -0.1) is 0 Å². The molecule has 0 aliphatic carbocycles. The highest BCUT2D eigenvalue weighted by Gasteiger charge is 2.14. The SMILES string of the molecule is COc1ccc(C)cc1CN(C)C(=O)COc1ccccc1OC. The van der Waals surface area contributed by atoms with Crippen molar-refractivity contribution in [2.75, 3.05) is 27.9 Å². The predicted molar refractivity (Wildman–Crippen MR) is 92.7 cm³/mol. The van der Waals surface area contributed by atoms with Crippen LogP contribution in [-0.2, 0) is 11.3 Å². The second-order valence-electron chi connectivity index (χ2n) is 5.50. The molecule has 1 amide bonds. The molecule has 2 aromatic carbocycles. The van der Waals surface area contributed by atoms with E-state index in [4.69, 9.17) is 14.2 Å². The van der Waals surface area contributed by atoms with Crippen molar-refractivity contribution in [3.63, 3.8) is 0 Å². The summed E-state index contributed by atoms with van der Waals surface area (Å²) in [6, 6.07) is 13.2. The van der Waals surface area contributed by atoms with Gasteiger partial charge in [0.05, 0.1) is 14.2 Å². The monoisotopic (exact) mass is 329 g/mol. The Bertz CT molecular complexity index is 700. The van der Waals surface area contributed by atoms with E-state index >= 15 is 0 Å². The highest BCUT2D eigenvalue weighted by molar-refractivity contribution is 5.77. The van der Waals surface area contributed by atoms with Gasteiger partial charge in [0.25, 0.3) is 5.91 Å². The molecule has 0 bridgehead atoms. The molecule has 2 rings (SSSR count). The van der Waals surface area contributed by atoms with Gasteiger partial charge in [-0.3, -0.25) is 4.79 Å². The maximum Gasteiger partial charge on any atom is 0.260 e. The molecule has 0 aliphatic rings. The van der Waals surface area contributed by atoms with Crippen LogP contribution in [0, 0.1) is 6.92 Å². The minimum atomic E-state index is -0.121. The lowest BCUT2D eigenvalue weighted by molar-refractivity contribution is -0.132. The van der Waals surface area contributed by atoms with Crippen LogP contribution in [0.25, 0.3) is 0 Å². The molecule has 0 saturated heterocycles. The van der Waals surface area contributed by atoms with Gasteiger partial charge in [-0.25, -0.2) is 0 Å². The van der Waals surface area contributed by atoms with Crippen LogP contribution in [-0.4, -0.2) is 38.7 Å². The summed E-state index contributed by atoms with van der Waals surface area (Å²) in [5.74, 6) is 1.80. The van der Waals surface area contributed by atoms with E-state index in [0.717, 1.165) is 16.9 Å². The minimum absolute atomic E-state index is 0.0506. The van der Waals surface area contributed by atoms with Crippen LogP contribution >= 0.6 is 0 Å². The Morgan fingerprint density at radius 3 is 2.33 bits per heavy atom. The van der Waals surface area contributed by atoms with E-state index in [2.05, 4.69) is 0 Å². The van der Waals surface area contributed by atoms with Crippen LogP contribution in [0.2, 0.25) is 0 Å². The summed E-state index contributed by atoms with van der Waals surface area (Å²) in [6.07, 6.45) is 0. The Balaban J connectivity index is 1.99. The Hall–Kier alpha value is -2.69. The number of carbonyl (C=O) groups is 1. The first-order valence-corrected chi connectivity index (χ1v) is 7.68. The molecule has 2 aromatic rings. The van der Waals surface area contributed by atoms with Crippen LogP contribution < -0.4 is 14.2 Å². The highest BCUT2D eigenvalue weighted by atomic mass is 16.5. The topological polar surface area (TPSA) is 48.0 Å². The molecule has 0 fully saturated rings. The molecule has 0 aromatic heterocycles. The quantitative estimate of drug-likeness (QED) is 0.783. The number of hydrogen-bond donors (Lipinski definition) is 0. The smallest absolute Gasteiger partial charge is 0.260 e. The van der Waals surface area contributed by atoms with Crippen molar-refractivity contribution in [2.24, 2.45) is 0 Å².